The van der Waals surface area contributed by atoms with Crippen molar-refractivity contribution in [3.05, 3.63) is 12.2 Å². The highest BCUT2D eigenvalue weighted by Crippen LogP contribution is 2.38. The molecule has 2 rings (SSSR count). The summed E-state index contributed by atoms with van der Waals surface area (Å²) in [5.41, 5.74) is -2.17. The van der Waals surface area contributed by atoms with Gasteiger partial charge in [-0.15, -0.1) is 0 Å². The van der Waals surface area contributed by atoms with Gasteiger partial charge in [-0.05, 0) is 37.2 Å². The van der Waals surface area contributed by atoms with E-state index in [2.05, 4.69) is 33.9 Å². The van der Waals surface area contributed by atoms with Crippen LogP contribution in [-0.2, 0) is 23.5 Å². The van der Waals surface area contributed by atoms with Crippen molar-refractivity contribution in [1.82, 2.24) is 0 Å². The van der Waals surface area contributed by atoms with E-state index in [-0.39, 0.29) is 30.5 Å². The lowest BCUT2D eigenvalue weighted by molar-refractivity contribution is -0.160. The summed E-state index contributed by atoms with van der Waals surface area (Å²) in [6.07, 6.45) is 2.73. The van der Waals surface area contributed by atoms with E-state index in [1.54, 1.807) is 6.08 Å². The summed E-state index contributed by atoms with van der Waals surface area (Å²) in [6.45, 7) is 12.5. The lowest BCUT2D eigenvalue weighted by Crippen LogP contribution is -2.51. The number of cyclic esters (lactones) is 1. The normalized spacial score (nSPS) is 33.8. The number of carbonyl (C=O) groups excluding carboxylic acids is 2. The molecule has 0 bridgehead atoms. The summed E-state index contributed by atoms with van der Waals surface area (Å²) in [7, 11) is -2.05. The summed E-state index contributed by atoms with van der Waals surface area (Å²) in [5.74, 6) is -2.27. The Hall–Kier alpha value is -1.02. The first-order valence-electron chi connectivity index (χ1n) is 8.31. The van der Waals surface area contributed by atoms with Gasteiger partial charge in [0.15, 0.2) is 14.1 Å². The Morgan fingerprint density at radius 3 is 2.54 bits per heavy atom. The Labute approximate surface area is 144 Å². The van der Waals surface area contributed by atoms with Gasteiger partial charge in [0.05, 0.1) is 12.0 Å². The van der Waals surface area contributed by atoms with Crippen molar-refractivity contribution in [2.75, 3.05) is 13.2 Å². The van der Waals surface area contributed by atoms with Gasteiger partial charge < -0.3 is 19.0 Å². The first kappa shape index (κ1) is 19.3. The molecule has 0 aliphatic carbocycles. The van der Waals surface area contributed by atoms with E-state index in [9.17, 15) is 14.7 Å². The minimum atomic E-state index is -2.17. The average Bonchev–Trinajstić information content (AvgIpc) is 3.09. The van der Waals surface area contributed by atoms with E-state index in [0.29, 0.717) is 0 Å². The standard InChI is InChI=1S/C17H28O6Si/c1-11-13(23-11)7-8-14(18)17(20)12(9-21-15(17)19)10-22-24(5,6)16(2,3)4/h7-8,11-13,20H,9-10H2,1-6H3/b8-7+/t11-,12+,13+,17-/m0/s1. The molecule has 0 saturated carbocycles. The van der Waals surface area contributed by atoms with Gasteiger partial charge >= 0.3 is 5.97 Å². The Kier molecular flexibility index (Phi) is 5.12. The van der Waals surface area contributed by atoms with Crippen LogP contribution in [0.25, 0.3) is 0 Å². The molecule has 0 radical (unpaired) electrons. The Morgan fingerprint density at radius 2 is 2.04 bits per heavy atom. The molecular weight excluding hydrogens is 328 g/mol. The quantitative estimate of drug-likeness (QED) is 0.257. The van der Waals surface area contributed by atoms with Gasteiger partial charge in [0.25, 0.3) is 0 Å². The third-order valence-electron chi connectivity index (χ3n) is 5.34. The maximum atomic E-state index is 12.4. The molecule has 2 aliphatic rings. The summed E-state index contributed by atoms with van der Waals surface area (Å²) < 4.78 is 16.2. The number of rotatable bonds is 6. The van der Waals surface area contributed by atoms with Gasteiger partial charge in [-0.1, -0.05) is 20.8 Å². The van der Waals surface area contributed by atoms with Gasteiger partial charge in [0.1, 0.15) is 12.7 Å². The molecule has 24 heavy (non-hydrogen) atoms. The number of ketones is 1. The van der Waals surface area contributed by atoms with Crippen LogP contribution in [0.1, 0.15) is 27.7 Å². The van der Waals surface area contributed by atoms with Crippen molar-refractivity contribution in [2.24, 2.45) is 5.92 Å². The molecule has 0 amide bonds. The Bertz CT molecular complexity index is 550. The van der Waals surface area contributed by atoms with E-state index in [0.717, 1.165) is 0 Å². The van der Waals surface area contributed by atoms with Crippen molar-refractivity contribution in [3.8, 4) is 0 Å². The van der Waals surface area contributed by atoms with Crippen LogP contribution in [0.4, 0.5) is 0 Å². The zero-order valence-corrected chi connectivity index (χ0v) is 16.3. The van der Waals surface area contributed by atoms with Crippen molar-refractivity contribution >= 4 is 20.1 Å². The summed E-state index contributed by atoms with van der Waals surface area (Å²) in [6, 6.07) is 0. The largest absolute Gasteiger partial charge is 0.463 e. The maximum absolute atomic E-state index is 12.4. The van der Waals surface area contributed by atoms with Crippen LogP contribution < -0.4 is 0 Å². The fraction of sp³-hybridized carbons (Fsp3) is 0.765. The first-order valence-corrected chi connectivity index (χ1v) is 11.2. The Balaban J connectivity index is 2.07. The number of epoxide rings is 1. The molecule has 6 nitrogen and oxygen atoms in total. The highest BCUT2D eigenvalue weighted by atomic mass is 28.4. The van der Waals surface area contributed by atoms with Crippen molar-refractivity contribution < 1.29 is 28.6 Å². The van der Waals surface area contributed by atoms with Gasteiger partial charge in [-0.25, -0.2) is 4.79 Å². The minimum absolute atomic E-state index is 0.00204. The zero-order valence-electron chi connectivity index (χ0n) is 15.3. The van der Waals surface area contributed by atoms with Crippen molar-refractivity contribution in [1.29, 1.82) is 0 Å². The lowest BCUT2D eigenvalue weighted by atomic mass is 9.86. The molecule has 0 aromatic carbocycles. The van der Waals surface area contributed by atoms with Crippen LogP contribution in [0, 0.1) is 5.92 Å². The second-order valence-electron chi connectivity index (χ2n) is 8.16. The van der Waals surface area contributed by atoms with Gasteiger partial charge in [-0.2, -0.15) is 0 Å². The molecule has 7 heteroatoms. The minimum Gasteiger partial charge on any atom is -0.463 e. The third kappa shape index (κ3) is 3.64. The molecule has 2 saturated heterocycles. The number of hydrogen-bond acceptors (Lipinski definition) is 6. The van der Waals surface area contributed by atoms with Gasteiger partial charge in [-0.3, -0.25) is 4.79 Å². The molecule has 0 aromatic heterocycles. The molecule has 0 unspecified atom stereocenters. The monoisotopic (exact) mass is 356 g/mol. The van der Waals surface area contributed by atoms with Gasteiger partial charge in [0.2, 0.25) is 5.60 Å². The molecule has 0 aromatic rings. The summed E-state index contributed by atoms with van der Waals surface area (Å²) >= 11 is 0. The first-order chi connectivity index (χ1) is 10.9. The summed E-state index contributed by atoms with van der Waals surface area (Å²) in [5, 5.41) is 10.7. The van der Waals surface area contributed by atoms with Crippen LogP contribution >= 0.6 is 0 Å². The van der Waals surface area contributed by atoms with Gasteiger partial charge in [0, 0.05) is 6.61 Å². The number of aliphatic hydroxyl groups is 1. The molecular formula is C17H28O6Si. The molecule has 136 valence electrons. The predicted octanol–water partition coefficient (Wildman–Crippen LogP) is 1.82. The topological polar surface area (TPSA) is 85.4 Å². The van der Waals surface area contributed by atoms with E-state index in [1.807, 2.05) is 6.92 Å². The van der Waals surface area contributed by atoms with E-state index in [1.165, 1.54) is 6.08 Å². The second-order valence-corrected chi connectivity index (χ2v) is 13.0. The average molecular weight is 356 g/mol. The number of carbonyl (C=O) groups is 2. The van der Waals surface area contributed by atoms with Crippen molar-refractivity contribution in [2.45, 2.75) is 63.6 Å². The number of hydrogen-bond donors (Lipinski definition) is 1. The highest BCUT2D eigenvalue weighted by Gasteiger charge is 2.56. The molecule has 4 atom stereocenters. The van der Waals surface area contributed by atoms with Crippen LogP contribution in [0.3, 0.4) is 0 Å². The maximum Gasteiger partial charge on any atom is 0.346 e. The second kappa shape index (κ2) is 6.37. The van der Waals surface area contributed by atoms with E-state index >= 15 is 0 Å². The number of esters is 1. The van der Waals surface area contributed by atoms with Crippen LogP contribution in [-0.4, -0.2) is 56.2 Å². The summed E-state index contributed by atoms with van der Waals surface area (Å²) in [4.78, 5) is 24.4. The van der Waals surface area contributed by atoms with Crippen LogP contribution in [0.5, 0.6) is 0 Å². The van der Waals surface area contributed by atoms with Crippen molar-refractivity contribution in [3.63, 3.8) is 0 Å². The molecule has 1 N–H and O–H groups in total. The van der Waals surface area contributed by atoms with E-state index in [4.69, 9.17) is 13.9 Å². The third-order valence-corrected chi connectivity index (χ3v) is 9.84. The SMILES string of the molecule is C[C@@H]1O[C@@H]1/C=C/C(=O)[C@]1(O)C(=O)OC[C@@H]1CO[Si](C)(C)C(C)(C)C. The molecule has 0 spiro atoms. The number of ether oxygens (including phenoxy) is 2. The molecule has 2 fully saturated rings. The van der Waals surface area contributed by atoms with E-state index < -0.39 is 31.6 Å². The fourth-order valence-electron chi connectivity index (χ4n) is 2.28. The van der Waals surface area contributed by atoms with Crippen LogP contribution in [0.2, 0.25) is 18.1 Å². The highest BCUT2D eigenvalue weighted by molar-refractivity contribution is 6.74. The molecule has 2 heterocycles. The zero-order chi connectivity index (χ0) is 18.3. The Morgan fingerprint density at radius 1 is 1.46 bits per heavy atom. The van der Waals surface area contributed by atoms with Crippen LogP contribution in [0.15, 0.2) is 12.2 Å². The molecule has 2 aliphatic heterocycles. The lowest BCUT2D eigenvalue weighted by Gasteiger charge is -2.37. The fourth-order valence-corrected chi connectivity index (χ4v) is 3.33. The predicted molar refractivity (Wildman–Crippen MR) is 91.0 cm³/mol. The smallest absolute Gasteiger partial charge is 0.346 e.